The number of nitrogens with zero attached hydrogens (tertiary/aromatic N) is 2. The van der Waals surface area contributed by atoms with Gasteiger partial charge in [-0.25, -0.2) is 9.37 Å². The molecule has 0 aliphatic heterocycles. The van der Waals surface area contributed by atoms with Gasteiger partial charge >= 0.3 is 0 Å². The molecule has 122 valence electrons. The summed E-state index contributed by atoms with van der Waals surface area (Å²) in [7, 11) is 1.49. The van der Waals surface area contributed by atoms with Crippen molar-refractivity contribution in [1.29, 1.82) is 0 Å². The van der Waals surface area contributed by atoms with Gasteiger partial charge in [-0.3, -0.25) is 5.43 Å². The predicted molar refractivity (Wildman–Crippen MR) is 93.4 cm³/mol. The van der Waals surface area contributed by atoms with Crippen molar-refractivity contribution < 1.29 is 14.2 Å². The molecule has 0 saturated heterocycles. The number of methoxy groups -OCH3 is 1. The van der Waals surface area contributed by atoms with Gasteiger partial charge in [0, 0.05) is 10.9 Å². The molecule has 1 heterocycles. The molecule has 0 atom stereocenters. The summed E-state index contributed by atoms with van der Waals surface area (Å²) in [6.45, 7) is 0. The van der Waals surface area contributed by atoms with Crippen LogP contribution in [0.15, 0.2) is 52.9 Å². The van der Waals surface area contributed by atoms with E-state index in [9.17, 15) is 9.50 Å². The maximum atomic E-state index is 12.9. The third-order valence-electron chi connectivity index (χ3n) is 3.22. The molecule has 0 spiro atoms. The number of hydrogen-bond donors (Lipinski definition) is 2. The Morgan fingerprint density at radius 3 is 2.79 bits per heavy atom. The van der Waals surface area contributed by atoms with Crippen molar-refractivity contribution in [2.75, 3.05) is 12.5 Å². The Kier molecular flexibility index (Phi) is 4.72. The second-order valence-electron chi connectivity index (χ2n) is 4.85. The van der Waals surface area contributed by atoms with Crippen LogP contribution >= 0.6 is 11.3 Å². The number of anilines is 1. The first kappa shape index (κ1) is 15.9. The average Bonchev–Trinajstić information content (AvgIpc) is 3.06. The van der Waals surface area contributed by atoms with Crippen LogP contribution in [-0.4, -0.2) is 23.4 Å². The van der Waals surface area contributed by atoms with Crippen molar-refractivity contribution in [3.05, 3.63) is 59.2 Å². The van der Waals surface area contributed by atoms with Crippen molar-refractivity contribution >= 4 is 22.7 Å². The maximum absolute atomic E-state index is 12.9. The van der Waals surface area contributed by atoms with Gasteiger partial charge in [0.1, 0.15) is 5.82 Å². The van der Waals surface area contributed by atoms with E-state index in [0.29, 0.717) is 10.9 Å². The molecule has 0 unspecified atom stereocenters. The van der Waals surface area contributed by atoms with Crippen LogP contribution in [0.25, 0.3) is 11.3 Å². The van der Waals surface area contributed by atoms with E-state index in [1.165, 1.54) is 36.6 Å². The predicted octanol–water partition coefficient (Wildman–Crippen LogP) is 4.11. The van der Waals surface area contributed by atoms with Crippen molar-refractivity contribution in [2.24, 2.45) is 5.10 Å². The molecule has 5 nitrogen and oxygen atoms in total. The van der Waals surface area contributed by atoms with Gasteiger partial charge in [0.05, 0.1) is 19.0 Å². The molecule has 0 amide bonds. The van der Waals surface area contributed by atoms with Gasteiger partial charge in [-0.1, -0.05) is 0 Å². The van der Waals surface area contributed by atoms with Gasteiger partial charge in [-0.15, -0.1) is 11.3 Å². The average molecular weight is 343 g/mol. The number of ether oxygens (including phenoxy) is 1. The Hall–Kier alpha value is -2.93. The number of phenolic OH excluding ortho intramolecular Hbond substituents is 1. The van der Waals surface area contributed by atoms with E-state index in [-0.39, 0.29) is 11.6 Å². The quantitative estimate of drug-likeness (QED) is 0.540. The van der Waals surface area contributed by atoms with Crippen molar-refractivity contribution in [3.63, 3.8) is 0 Å². The Morgan fingerprint density at radius 2 is 2.04 bits per heavy atom. The molecule has 2 aromatic carbocycles. The minimum atomic E-state index is -0.277. The van der Waals surface area contributed by atoms with Gasteiger partial charge in [0.2, 0.25) is 5.13 Å². The fraction of sp³-hybridized carbons (Fsp3) is 0.0588. The number of aromatic nitrogens is 1. The number of benzene rings is 2. The van der Waals surface area contributed by atoms with Crippen molar-refractivity contribution in [3.8, 4) is 22.8 Å². The summed E-state index contributed by atoms with van der Waals surface area (Å²) in [4.78, 5) is 4.40. The summed E-state index contributed by atoms with van der Waals surface area (Å²) in [6, 6.07) is 11.1. The van der Waals surface area contributed by atoms with Crippen LogP contribution in [0.2, 0.25) is 0 Å². The SMILES string of the molecule is COc1cc(/C=N/Nc2nc(-c3ccc(F)cc3)cs2)ccc1O. The Balaban J connectivity index is 1.68. The van der Waals surface area contributed by atoms with Crippen LogP contribution in [-0.2, 0) is 0 Å². The second-order valence-corrected chi connectivity index (χ2v) is 5.70. The minimum Gasteiger partial charge on any atom is -0.504 e. The van der Waals surface area contributed by atoms with Crippen LogP contribution in [0.3, 0.4) is 0 Å². The highest BCUT2D eigenvalue weighted by Gasteiger charge is 2.04. The summed E-state index contributed by atoms with van der Waals surface area (Å²) in [5.41, 5.74) is 5.21. The Morgan fingerprint density at radius 1 is 1.25 bits per heavy atom. The number of hydrogen-bond acceptors (Lipinski definition) is 6. The second kappa shape index (κ2) is 7.10. The zero-order valence-corrected chi connectivity index (χ0v) is 13.5. The molecule has 2 N–H and O–H groups in total. The first-order chi connectivity index (χ1) is 11.7. The van der Waals surface area contributed by atoms with Crippen LogP contribution in [0.5, 0.6) is 11.5 Å². The summed E-state index contributed by atoms with van der Waals surface area (Å²) in [5.74, 6) is 0.180. The van der Waals surface area contributed by atoms with E-state index in [4.69, 9.17) is 4.74 Å². The van der Waals surface area contributed by atoms with Crippen molar-refractivity contribution in [1.82, 2.24) is 4.98 Å². The molecule has 3 aromatic rings. The van der Waals surface area contributed by atoms with Gasteiger partial charge in [0.15, 0.2) is 11.5 Å². The van der Waals surface area contributed by atoms with E-state index in [2.05, 4.69) is 15.5 Å². The number of thiazole rings is 1. The maximum Gasteiger partial charge on any atom is 0.203 e. The molecular formula is C17H14FN3O2S. The van der Waals surface area contributed by atoms with Crippen molar-refractivity contribution in [2.45, 2.75) is 0 Å². The molecular weight excluding hydrogens is 329 g/mol. The lowest BCUT2D eigenvalue weighted by Gasteiger charge is -2.03. The number of phenols is 1. The van der Waals surface area contributed by atoms with E-state index in [1.807, 2.05) is 5.38 Å². The molecule has 0 aliphatic carbocycles. The van der Waals surface area contributed by atoms with E-state index >= 15 is 0 Å². The third-order valence-corrected chi connectivity index (χ3v) is 3.97. The molecule has 0 bridgehead atoms. The fourth-order valence-electron chi connectivity index (χ4n) is 2.01. The van der Waals surface area contributed by atoms with Gasteiger partial charge in [-0.05, 0) is 48.0 Å². The van der Waals surface area contributed by atoms with Gasteiger partial charge < -0.3 is 9.84 Å². The monoisotopic (exact) mass is 343 g/mol. The lowest BCUT2D eigenvalue weighted by Crippen LogP contribution is -1.91. The molecule has 1 aromatic heterocycles. The van der Waals surface area contributed by atoms with Crippen LogP contribution in [0.4, 0.5) is 9.52 Å². The molecule has 0 aliphatic rings. The zero-order valence-electron chi connectivity index (χ0n) is 12.7. The number of aromatic hydroxyl groups is 1. The standard InChI is InChI=1S/C17H14FN3O2S/c1-23-16-8-11(2-7-15(16)22)9-19-21-17-20-14(10-24-17)12-3-5-13(18)6-4-12/h2-10,22H,1H3,(H,20,21)/b19-9+. The number of hydrazone groups is 1. The molecule has 0 radical (unpaired) electrons. The molecule has 0 saturated carbocycles. The largest absolute Gasteiger partial charge is 0.504 e. The van der Waals surface area contributed by atoms with Gasteiger partial charge in [0.25, 0.3) is 0 Å². The summed E-state index contributed by atoms with van der Waals surface area (Å²) < 4.78 is 18.0. The highest BCUT2D eigenvalue weighted by Crippen LogP contribution is 2.26. The first-order valence-electron chi connectivity index (χ1n) is 7.03. The number of halogens is 1. The van der Waals surface area contributed by atoms with Crippen LogP contribution in [0.1, 0.15) is 5.56 Å². The molecule has 3 rings (SSSR count). The van der Waals surface area contributed by atoms with E-state index < -0.39 is 0 Å². The van der Waals surface area contributed by atoms with Crippen LogP contribution in [0, 0.1) is 5.82 Å². The first-order valence-corrected chi connectivity index (χ1v) is 7.91. The molecule has 24 heavy (non-hydrogen) atoms. The Bertz CT molecular complexity index is 863. The van der Waals surface area contributed by atoms with Gasteiger partial charge in [-0.2, -0.15) is 5.10 Å². The highest BCUT2D eigenvalue weighted by molar-refractivity contribution is 7.14. The molecule has 0 fully saturated rings. The summed E-state index contributed by atoms with van der Waals surface area (Å²) in [6.07, 6.45) is 1.60. The number of rotatable bonds is 5. The fourth-order valence-corrected chi connectivity index (χ4v) is 2.68. The van der Waals surface area contributed by atoms with E-state index in [1.54, 1.807) is 30.5 Å². The number of nitrogens with one attached hydrogen (secondary N) is 1. The lowest BCUT2D eigenvalue weighted by atomic mass is 10.2. The van der Waals surface area contributed by atoms with Crippen LogP contribution < -0.4 is 10.2 Å². The summed E-state index contributed by atoms with van der Waals surface area (Å²) in [5, 5.41) is 16.2. The third kappa shape index (κ3) is 3.69. The lowest BCUT2D eigenvalue weighted by molar-refractivity contribution is 0.373. The molecule has 7 heteroatoms. The normalized spacial score (nSPS) is 10.9. The zero-order chi connectivity index (χ0) is 16.9. The summed E-state index contributed by atoms with van der Waals surface area (Å²) >= 11 is 1.40. The highest BCUT2D eigenvalue weighted by atomic mass is 32.1. The minimum absolute atomic E-state index is 0.0754. The van der Waals surface area contributed by atoms with E-state index in [0.717, 1.165) is 16.8 Å². The Labute approximate surface area is 142 Å². The smallest absolute Gasteiger partial charge is 0.203 e. The topological polar surface area (TPSA) is 66.7 Å².